The van der Waals surface area contributed by atoms with Crippen LogP contribution in [0.3, 0.4) is 0 Å². The number of carbonyl (C=O) groups excluding carboxylic acids is 1. The lowest BCUT2D eigenvalue weighted by Crippen LogP contribution is -2.32. The number of hydrogen-bond donors (Lipinski definition) is 2. The first kappa shape index (κ1) is 14.4. The van der Waals surface area contributed by atoms with Crippen LogP contribution < -0.4 is 11.1 Å². The Balaban J connectivity index is 3.81. The van der Waals surface area contributed by atoms with Crippen LogP contribution in [0, 0.1) is 17.8 Å². The normalized spacial score (nSPS) is 15.1. The van der Waals surface area contributed by atoms with Crippen molar-refractivity contribution in [3.05, 3.63) is 0 Å². The lowest BCUT2D eigenvalue weighted by atomic mass is 9.90. The summed E-state index contributed by atoms with van der Waals surface area (Å²) in [6.07, 6.45) is 1.71. The topological polar surface area (TPSA) is 55.1 Å². The number of hydrogen-bond acceptors (Lipinski definition) is 2. The zero-order valence-electron chi connectivity index (χ0n) is 10.5. The number of rotatable bonds is 7. The minimum absolute atomic E-state index is 0.163. The molecule has 2 atom stereocenters. The van der Waals surface area contributed by atoms with Crippen LogP contribution in [-0.4, -0.2) is 19.0 Å². The lowest BCUT2D eigenvalue weighted by molar-refractivity contribution is -0.122. The average Bonchev–Trinajstić information content (AvgIpc) is 2.21. The third-order valence-electron chi connectivity index (χ3n) is 2.96. The van der Waals surface area contributed by atoms with Crippen LogP contribution in [0.1, 0.15) is 40.5 Å². The van der Waals surface area contributed by atoms with Crippen molar-refractivity contribution in [3.8, 4) is 0 Å². The Hall–Kier alpha value is -0.570. The predicted octanol–water partition coefficient (Wildman–Crippen LogP) is 1.77. The second-order valence-corrected chi connectivity index (χ2v) is 4.76. The molecule has 3 N–H and O–H groups in total. The monoisotopic (exact) mass is 214 g/mol. The maximum Gasteiger partial charge on any atom is 0.220 e. The van der Waals surface area contributed by atoms with E-state index < -0.39 is 0 Å². The van der Waals surface area contributed by atoms with Gasteiger partial charge >= 0.3 is 0 Å². The average molecular weight is 214 g/mol. The fourth-order valence-electron chi connectivity index (χ4n) is 1.53. The van der Waals surface area contributed by atoms with Crippen LogP contribution in [0.15, 0.2) is 0 Å². The van der Waals surface area contributed by atoms with Crippen LogP contribution >= 0.6 is 0 Å². The zero-order valence-corrected chi connectivity index (χ0v) is 10.5. The van der Waals surface area contributed by atoms with Gasteiger partial charge in [0.15, 0.2) is 0 Å². The smallest absolute Gasteiger partial charge is 0.220 e. The Bertz CT molecular complexity index is 180. The van der Waals surface area contributed by atoms with Crippen LogP contribution in [0.25, 0.3) is 0 Å². The van der Waals surface area contributed by atoms with E-state index >= 15 is 0 Å². The van der Waals surface area contributed by atoms with Crippen LogP contribution in [0.2, 0.25) is 0 Å². The molecule has 0 spiro atoms. The first-order valence-electron chi connectivity index (χ1n) is 5.97. The van der Waals surface area contributed by atoms with Crippen molar-refractivity contribution < 1.29 is 4.79 Å². The summed E-state index contributed by atoms with van der Waals surface area (Å²) in [5, 5.41) is 2.93. The quantitative estimate of drug-likeness (QED) is 0.678. The van der Waals surface area contributed by atoms with E-state index in [9.17, 15) is 4.79 Å². The van der Waals surface area contributed by atoms with E-state index in [0.717, 1.165) is 6.42 Å². The maximum absolute atomic E-state index is 11.6. The molecule has 0 saturated heterocycles. The molecule has 15 heavy (non-hydrogen) atoms. The molecule has 2 unspecified atom stereocenters. The highest BCUT2D eigenvalue weighted by atomic mass is 16.1. The fraction of sp³-hybridized carbons (Fsp3) is 0.917. The van der Waals surface area contributed by atoms with Gasteiger partial charge in [-0.05, 0) is 24.3 Å². The van der Waals surface area contributed by atoms with Crippen molar-refractivity contribution in [2.75, 3.05) is 13.1 Å². The largest absolute Gasteiger partial charge is 0.356 e. The summed E-state index contributed by atoms with van der Waals surface area (Å²) < 4.78 is 0. The molecule has 0 aliphatic carbocycles. The Kier molecular flexibility index (Phi) is 7.39. The molecular weight excluding hydrogens is 188 g/mol. The van der Waals surface area contributed by atoms with Gasteiger partial charge in [0.1, 0.15) is 0 Å². The van der Waals surface area contributed by atoms with E-state index in [1.54, 1.807) is 0 Å². The summed E-state index contributed by atoms with van der Waals surface area (Å²) in [4.78, 5) is 11.6. The molecule has 0 fully saturated rings. The summed E-state index contributed by atoms with van der Waals surface area (Å²) in [6, 6.07) is 0. The molecule has 0 radical (unpaired) electrons. The van der Waals surface area contributed by atoms with E-state index in [-0.39, 0.29) is 5.91 Å². The van der Waals surface area contributed by atoms with Crippen LogP contribution in [0.5, 0.6) is 0 Å². The van der Waals surface area contributed by atoms with Crippen molar-refractivity contribution in [1.29, 1.82) is 0 Å². The number of amides is 1. The third kappa shape index (κ3) is 6.50. The summed E-state index contributed by atoms with van der Waals surface area (Å²) >= 11 is 0. The Morgan fingerprint density at radius 1 is 1.33 bits per heavy atom. The van der Waals surface area contributed by atoms with Crippen LogP contribution in [0.4, 0.5) is 0 Å². The van der Waals surface area contributed by atoms with Gasteiger partial charge in [0.2, 0.25) is 5.91 Å². The van der Waals surface area contributed by atoms with Gasteiger partial charge in [-0.1, -0.05) is 34.1 Å². The van der Waals surface area contributed by atoms with Gasteiger partial charge in [-0.15, -0.1) is 0 Å². The maximum atomic E-state index is 11.6. The Morgan fingerprint density at radius 2 is 1.93 bits per heavy atom. The molecule has 0 heterocycles. The van der Waals surface area contributed by atoms with E-state index in [4.69, 9.17) is 5.73 Å². The molecule has 0 aliphatic rings. The highest BCUT2D eigenvalue weighted by Crippen LogP contribution is 2.18. The standard InChI is InChI=1S/C12H26N2O/c1-5-11(9(2)3)6-12(15)14-8-10(4)7-13/h9-11H,5-8,13H2,1-4H3,(H,14,15). The van der Waals surface area contributed by atoms with E-state index in [1.807, 2.05) is 6.92 Å². The second-order valence-electron chi connectivity index (χ2n) is 4.76. The van der Waals surface area contributed by atoms with Gasteiger partial charge in [0.25, 0.3) is 0 Å². The molecule has 0 bridgehead atoms. The SMILES string of the molecule is CCC(CC(=O)NCC(C)CN)C(C)C. The predicted molar refractivity (Wildman–Crippen MR) is 64.5 cm³/mol. The molecule has 0 saturated carbocycles. The molecule has 3 heteroatoms. The Morgan fingerprint density at radius 3 is 2.33 bits per heavy atom. The molecule has 0 aromatic rings. The van der Waals surface area contributed by atoms with Gasteiger partial charge in [-0.2, -0.15) is 0 Å². The minimum Gasteiger partial charge on any atom is -0.356 e. The molecular formula is C12H26N2O. The molecule has 0 aromatic carbocycles. The summed E-state index contributed by atoms with van der Waals surface area (Å²) in [7, 11) is 0. The van der Waals surface area contributed by atoms with Crippen molar-refractivity contribution in [1.82, 2.24) is 5.32 Å². The van der Waals surface area contributed by atoms with Crippen molar-refractivity contribution >= 4 is 5.91 Å². The summed E-state index contributed by atoms with van der Waals surface area (Å²) in [5.74, 6) is 1.61. The first-order valence-corrected chi connectivity index (χ1v) is 5.97. The molecule has 0 rings (SSSR count). The molecule has 3 nitrogen and oxygen atoms in total. The van der Waals surface area contributed by atoms with E-state index in [0.29, 0.717) is 37.3 Å². The number of carbonyl (C=O) groups is 1. The van der Waals surface area contributed by atoms with E-state index in [2.05, 4.69) is 26.1 Å². The van der Waals surface area contributed by atoms with Crippen LogP contribution in [-0.2, 0) is 4.79 Å². The minimum atomic E-state index is 0.163. The summed E-state index contributed by atoms with van der Waals surface area (Å²) in [6.45, 7) is 9.85. The van der Waals surface area contributed by atoms with Gasteiger partial charge in [-0.25, -0.2) is 0 Å². The van der Waals surface area contributed by atoms with E-state index in [1.165, 1.54) is 0 Å². The van der Waals surface area contributed by atoms with Gasteiger partial charge in [-0.3, -0.25) is 4.79 Å². The highest BCUT2D eigenvalue weighted by molar-refractivity contribution is 5.76. The first-order chi connectivity index (χ1) is 7.01. The molecule has 0 aliphatic heterocycles. The van der Waals surface area contributed by atoms with Crippen molar-refractivity contribution in [2.45, 2.75) is 40.5 Å². The molecule has 1 amide bonds. The zero-order chi connectivity index (χ0) is 11.8. The molecule has 90 valence electrons. The number of nitrogens with one attached hydrogen (secondary N) is 1. The lowest BCUT2D eigenvalue weighted by Gasteiger charge is -2.19. The van der Waals surface area contributed by atoms with Crippen molar-refractivity contribution in [3.63, 3.8) is 0 Å². The highest BCUT2D eigenvalue weighted by Gasteiger charge is 2.15. The van der Waals surface area contributed by atoms with Gasteiger partial charge < -0.3 is 11.1 Å². The van der Waals surface area contributed by atoms with Gasteiger partial charge in [0, 0.05) is 13.0 Å². The van der Waals surface area contributed by atoms with Gasteiger partial charge in [0.05, 0.1) is 0 Å². The van der Waals surface area contributed by atoms with Crippen molar-refractivity contribution in [2.24, 2.45) is 23.5 Å². The number of nitrogens with two attached hydrogens (primary N) is 1. The fourth-order valence-corrected chi connectivity index (χ4v) is 1.53. The molecule has 0 aromatic heterocycles. The Labute approximate surface area is 93.8 Å². The summed E-state index contributed by atoms with van der Waals surface area (Å²) in [5.41, 5.74) is 5.48. The second kappa shape index (κ2) is 7.69. The third-order valence-corrected chi connectivity index (χ3v) is 2.96.